The number of thioether (sulfide) groups is 1. The number of amides is 1. The minimum absolute atomic E-state index is 0.0813. The van der Waals surface area contributed by atoms with Crippen molar-refractivity contribution < 1.29 is 9.53 Å². The van der Waals surface area contributed by atoms with E-state index in [1.807, 2.05) is 60.0 Å². The van der Waals surface area contributed by atoms with Gasteiger partial charge in [0.25, 0.3) is 0 Å². The van der Waals surface area contributed by atoms with Crippen LogP contribution in [0.1, 0.15) is 31.4 Å². The van der Waals surface area contributed by atoms with Crippen molar-refractivity contribution in [2.24, 2.45) is 0 Å². The largest absolute Gasteiger partial charge is 0.376 e. The Balaban J connectivity index is 1.46. The maximum Gasteiger partial charge on any atom is 0.230 e. The number of nitrogens with one attached hydrogen (secondary N) is 1. The SMILES string of the molecule is C[C@@H](NC(=O)CSc1nnc(-c2ccc(Cl)cc2)n1C[C@@H]1CCCO1)c1cccc(Cl)c1. The number of nitrogens with zero attached hydrogens (tertiary/aromatic N) is 3. The summed E-state index contributed by atoms with van der Waals surface area (Å²) in [6.07, 6.45) is 2.17. The summed E-state index contributed by atoms with van der Waals surface area (Å²) in [4.78, 5) is 12.6. The molecule has 0 spiro atoms. The van der Waals surface area contributed by atoms with Gasteiger partial charge in [-0.2, -0.15) is 0 Å². The molecule has 1 aliphatic heterocycles. The lowest BCUT2D eigenvalue weighted by atomic mass is 10.1. The van der Waals surface area contributed by atoms with E-state index in [0.717, 1.165) is 36.4 Å². The predicted octanol–water partition coefficient (Wildman–Crippen LogP) is 5.40. The van der Waals surface area contributed by atoms with Crippen molar-refractivity contribution in [1.82, 2.24) is 20.1 Å². The molecular formula is C23H24Cl2N4O2S. The molecule has 1 aliphatic rings. The Morgan fingerprint density at radius 3 is 2.75 bits per heavy atom. The van der Waals surface area contributed by atoms with E-state index in [1.54, 1.807) is 0 Å². The molecule has 6 nitrogen and oxygen atoms in total. The van der Waals surface area contributed by atoms with E-state index < -0.39 is 0 Å². The molecule has 1 aromatic heterocycles. The van der Waals surface area contributed by atoms with Crippen LogP contribution in [0.5, 0.6) is 0 Å². The topological polar surface area (TPSA) is 69.0 Å². The Hall–Kier alpha value is -2.06. The van der Waals surface area contributed by atoms with Crippen LogP contribution in [0.25, 0.3) is 11.4 Å². The maximum atomic E-state index is 12.6. The van der Waals surface area contributed by atoms with E-state index in [4.69, 9.17) is 27.9 Å². The van der Waals surface area contributed by atoms with Crippen molar-refractivity contribution in [3.05, 3.63) is 64.1 Å². The van der Waals surface area contributed by atoms with E-state index in [9.17, 15) is 4.79 Å². The zero-order valence-corrected chi connectivity index (χ0v) is 20.0. The Kier molecular flexibility index (Phi) is 7.73. The van der Waals surface area contributed by atoms with Crippen molar-refractivity contribution in [1.29, 1.82) is 0 Å². The highest BCUT2D eigenvalue weighted by Gasteiger charge is 2.22. The number of carbonyl (C=O) groups is 1. The average Bonchev–Trinajstić information content (AvgIpc) is 3.43. The van der Waals surface area contributed by atoms with Crippen LogP contribution in [-0.4, -0.2) is 39.1 Å². The van der Waals surface area contributed by atoms with Crippen LogP contribution in [-0.2, 0) is 16.1 Å². The number of halogens is 2. The van der Waals surface area contributed by atoms with E-state index in [0.29, 0.717) is 21.7 Å². The number of hydrogen-bond acceptors (Lipinski definition) is 5. The molecule has 0 unspecified atom stereocenters. The number of carbonyl (C=O) groups excluding carboxylic acids is 1. The molecule has 1 saturated heterocycles. The summed E-state index contributed by atoms with van der Waals surface area (Å²) in [6, 6.07) is 14.9. The highest BCUT2D eigenvalue weighted by molar-refractivity contribution is 7.99. The highest BCUT2D eigenvalue weighted by Crippen LogP contribution is 2.27. The zero-order chi connectivity index (χ0) is 22.5. The number of rotatable bonds is 8. The van der Waals surface area contributed by atoms with Gasteiger partial charge in [0.2, 0.25) is 5.91 Å². The molecule has 0 saturated carbocycles. The van der Waals surface area contributed by atoms with Crippen LogP contribution in [0, 0.1) is 0 Å². The Labute approximate surface area is 201 Å². The van der Waals surface area contributed by atoms with Gasteiger partial charge in [-0.05, 0) is 61.7 Å². The van der Waals surface area contributed by atoms with Gasteiger partial charge in [-0.25, -0.2) is 0 Å². The smallest absolute Gasteiger partial charge is 0.230 e. The van der Waals surface area contributed by atoms with Crippen LogP contribution in [0.3, 0.4) is 0 Å². The molecule has 0 aliphatic carbocycles. The van der Waals surface area contributed by atoms with Gasteiger partial charge in [-0.15, -0.1) is 10.2 Å². The Morgan fingerprint density at radius 2 is 2.03 bits per heavy atom. The van der Waals surface area contributed by atoms with E-state index in [2.05, 4.69) is 15.5 Å². The van der Waals surface area contributed by atoms with Gasteiger partial charge in [-0.3, -0.25) is 9.36 Å². The molecule has 4 rings (SSSR count). The summed E-state index contributed by atoms with van der Waals surface area (Å²) in [7, 11) is 0. The van der Waals surface area contributed by atoms with Crippen LogP contribution in [0.15, 0.2) is 53.7 Å². The molecule has 2 heterocycles. The predicted molar refractivity (Wildman–Crippen MR) is 128 cm³/mol. The molecule has 3 aromatic rings. The average molecular weight is 491 g/mol. The second-order valence-electron chi connectivity index (χ2n) is 7.69. The molecule has 168 valence electrons. The van der Waals surface area contributed by atoms with Gasteiger partial charge >= 0.3 is 0 Å². The van der Waals surface area contributed by atoms with Gasteiger partial charge in [0, 0.05) is 22.2 Å². The number of hydrogen-bond donors (Lipinski definition) is 1. The fourth-order valence-corrected chi connectivity index (χ4v) is 4.72. The molecule has 2 atom stereocenters. The molecular weight excluding hydrogens is 467 g/mol. The summed E-state index contributed by atoms with van der Waals surface area (Å²) >= 11 is 13.5. The third-order valence-corrected chi connectivity index (χ3v) is 6.74. The van der Waals surface area contributed by atoms with Gasteiger partial charge in [0.15, 0.2) is 11.0 Å². The number of ether oxygens (including phenoxy) is 1. The first-order valence-electron chi connectivity index (χ1n) is 10.5. The fourth-order valence-electron chi connectivity index (χ4n) is 3.64. The van der Waals surface area contributed by atoms with Crippen LogP contribution < -0.4 is 5.32 Å². The van der Waals surface area contributed by atoms with E-state index in [-0.39, 0.29) is 23.8 Å². The van der Waals surface area contributed by atoms with Gasteiger partial charge in [0.1, 0.15) is 0 Å². The van der Waals surface area contributed by atoms with Crippen molar-refractivity contribution in [2.45, 2.75) is 43.6 Å². The third kappa shape index (κ3) is 5.84. The summed E-state index contributed by atoms with van der Waals surface area (Å²) in [6.45, 7) is 3.36. The van der Waals surface area contributed by atoms with Crippen LogP contribution in [0.2, 0.25) is 10.0 Å². The lowest BCUT2D eigenvalue weighted by molar-refractivity contribution is -0.119. The maximum absolute atomic E-state index is 12.6. The molecule has 1 amide bonds. The monoisotopic (exact) mass is 490 g/mol. The lowest BCUT2D eigenvalue weighted by Crippen LogP contribution is -2.28. The third-order valence-electron chi connectivity index (χ3n) is 5.29. The summed E-state index contributed by atoms with van der Waals surface area (Å²) in [5, 5.41) is 13.8. The summed E-state index contributed by atoms with van der Waals surface area (Å²) < 4.78 is 7.87. The normalized spacial score (nSPS) is 16.8. The standard InChI is InChI=1S/C23H24Cl2N4O2S/c1-15(17-4-2-5-19(25)12-17)26-21(30)14-32-23-28-27-22(16-7-9-18(24)10-8-16)29(23)13-20-6-3-11-31-20/h2,4-5,7-10,12,15,20H,3,6,11,13-14H2,1H3,(H,26,30)/t15-,20+/m1/s1. The van der Waals surface area contributed by atoms with Crippen molar-refractivity contribution >= 4 is 40.9 Å². The Morgan fingerprint density at radius 1 is 1.22 bits per heavy atom. The highest BCUT2D eigenvalue weighted by atomic mass is 35.5. The van der Waals surface area contributed by atoms with E-state index >= 15 is 0 Å². The van der Waals surface area contributed by atoms with Gasteiger partial charge in [0.05, 0.1) is 24.4 Å². The number of benzene rings is 2. The molecule has 0 bridgehead atoms. The van der Waals surface area contributed by atoms with Crippen molar-refractivity contribution in [3.63, 3.8) is 0 Å². The molecule has 0 radical (unpaired) electrons. The molecule has 1 fully saturated rings. The first-order valence-corrected chi connectivity index (χ1v) is 12.2. The fraction of sp³-hybridized carbons (Fsp3) is 0.348. The summed E-state index contributed by atoms with van der Waals surface area (Å²) in [5.41, 5.74) is 1.88. The second kappa shape index (κ2) is 10.7. The van der Waals surface area contributed by atoms with Crippen LogP contribution >= 0.6 is 35.0 Å². The van der Waals surface area contributed by atoms with Gasteiger partial charge < -0.3 is 10.1 Å². The minimum atomic E-state index is -0.142. The molecule has 32 heavy (non-hydrogen) atoms. The quantitative estimate of drug-likeness (QED) is 0.428. The molecule has 1 N–H and O–H groups in total. The summed E-state index contributed by atoms with van der Waals surface area (Å²) in [5.74, 6) is 0.893. The van der Waals surface area contributed by atoms with Crippen LogP contribution in [0.4, 0.5) is 0 Å². The number of aromatic nitrogens is 3. The first kappa shape index (κ1) is 23.1. The van der Waals surface area contributed by atoms with E-state index in [1.165, 1.54) is 11.8 Å². The first-order chi connectivity index (χ1) is 15.5. The zero-order valence-electron chi connectivity index (χ0n) is 17.6. The Bertz CT molecular complexity index is 1070. The van der Waals surface area contributed by atoms with Crippen molar-refractivity contribution in [2.75, 3.05) is 12.4 Å². The van der Waals surface area contributed by atoms with Crippen molar-refractivity contribution in [3.8, 4) is 11.4 Å². The second-order valence-corrected chi connectivity index (χ2v) is 9.51. The molecule has 2 aromatic carbocycles. The minimum Gasteiger partial charge on any atom is -0.376 e. The molecule has 9 heteroatoms. The lowest BCUT2D eigenvalue weighted by Gasteiger charge is -2.16. The van der Waals surface area contributed by atoms with Gasteiger partial charge in [-0.1, -0.05) is 47.1 Å².